The molecule has 0 aliphatic carbocycles. The van der Waals surface area contributed by atoms with Gasteiger partial charge in [-0.2, -0.15) is 0 Å². The lowest BCUT2D eigenvalue weighted by atomic mass is 10.2. The summed E-state index contributed by atoms with van der Waals surface area (Å²) in [5.41, 5.74) is 10.9. The number of nitrogens with one attached hydrogen (secondary N) is 1. The first-order valence-electron chi connectivity index (χ1n) is 4.98. The third kappa shape index (κ3) is 4.26. The summed E-state index contributed by atoms with van der Waals surface area (Å²) < 4.78 is 0. The first-order valence-corrected chi connectivity index (χ1v) is 5.86. The summed E-state index contributed by atoms with van der Waals surface area (Å²) in [4.78, 5) is 22.8. The molecular formula is C11H13N3O2S. The fourth-order valence-electron chi connectivity index (χ4n) is 1.11. The number of carbonyl (C=O) groups is 2. The quantitative estimate of drug-likeness (QED) is 0.639. The van der Waals surface area contributed by atoms with Crippen molar-refractivity contribution in [3.05, 3.63) is 21.9 Å². The molecule has 5 nitrogen and oxygen atoms in total. The van der Waals surface area contributed by atoms with Gasteiger partial charge >= 0.3 is 0 Å². The summed E-state index contributed by atoms with van der Waals surface area (Å²) in [6, 6.07) is 1.76. The highest BCUT2D eigenvalue weighted by atomic mass is 32.1. The van der Waals surface area contributed by atoms with Crippen LogP contribution < -0.4 is 16.8 Å². The lowest BCUT2D eigenvalue weighted by Gasteiger charge is -2.01. The molecule has 1 aromatic rings. The highest BCUT2D eigenvalue weighted by Gasteiger charge is 2.11. The zero-order chi connectivity index (χ0) is 12.7. The van der Waals surface area contributed by atoms with Crippen LogP contribution >= 0.6 is 11.3 Å². The Morgan fingerprint density at radius 3 is 2.88 bits per heavy atom. The third-order valence-corrected chi connectivity index (χ3v) is 2.77. The van der Waals surface area contributed by atoms with Crippen LogP contribution in [0.3, 0.4) is 0 Å². The van der Waals surface area contributed by atoms with E-state index in [9.17, 15) is 9.59 Å². The van der Waals surface area contributed by atoms with Crippen LogP contribution in [0.5, 0.6) is 0 Å². The van der Waals surface area contributed by atoms with E-state index in [1.54, 1.807) is 11.4 Å². The number of hydrogen-bond acceptors (Lipinski definition) is 4. The summed E-state index contributed by atoms with van der Waals surface area (Å²) >= 11 is 1.30. The largest absolute Gasteiger partial charge is 0.370 e. The molecule has 1 rings (SSSR count). The lowest BCUT2D eigenvalue weighted by Crippen LogP contribution is -2.27. The number of hydrogen-bond donors (Lipinski definition) is 3. The first kappa shape index (κ1) is 13.2. The molecule has 1 aromatic heterocycles. The molecular weight excluding hydrogens is 238 g/mol. The van der Waals surface area contributed by atoms with Crippen LogP contribution in [0.2, 0.25) is 0 Å². The smallest absolute Gasteiger partial charge is 0.262 e. The monoisotopic (exact) mass is 251 g/mol. The fourth-order valence-corrected chi connectivity index (χ4v) is 1.87. The Hall–Kier alpha value is -1.84. The lowest BCUT2D eigenvalue weighted by molar-refractivity contribution is -0.117. The van der Waals surface area contributed by atoms with Crippen LogP contribution in [0.4, 0.5) is 0 Å². The average molecular weight is 251 g/mol. The molecule has 5 N–H and O–H groups in total. The molecule has 90 valence electrons. The third-order valence-electron chi connectivity index (χ3n) is 1.85. The second-order valence-electron chi connectivity index (χ2n) is 3.14. The minimum absolute atomic E-state index is 0.126. The van der Waals surface area contributed by atoms with Gasteiger partial charge in [-0.3, -0.25) is 9.59 Å². The first-order chi connectivity index (χ1) is 8.15. The molecule has 0 unspecified atom stereocenters. The molecule has 0 aliphatic rings. The maximum absolute atomic E-state index is 11.7. The number of primary amides is 1. The average Bonchev–Trinajstić information content (AvgIpc) is 2.73. The summed E-state index contributed by atoms with van der Waals surface area (Å²) in [5.74, 6) is 4.81. The van der Waals surface area contributed by atoms with E-state index in [1.165, 1.54) is 11.3 Å². The van der Waals surface area contributed by atoms with Crippen molar-refractivity contribution in [2.24, 2.45) is 11.5 Å². The number of rotatable bonds is 4. The number of amides is 2. The van der Waals surface area contributed by atoms with E-state index in [2.05, 4.69) is 17.2 Å². The Labute approximate surface area is 103 Å². The van der Waals surface area contributed by atoms with Gasteiger partial charge in [0.2, 0.25) is 5.91 Å². The van der Waals surface area contributed by atoms with Crippen LogP contribution in [-0.4, -0.2) is 24.9 Å². The van der Waals surface area contributed by atoms with Gasteiger partial charge < -0.3 is 16.8 Å². The van der Waals surface area contributed by atoms with E-state index in [0.29, 0.717) is 10.4 Å². The van der Waals surface area contributed by atoms with Gasteiger partial charge in [0.1, 0.15) is 4.88 Å². The molecule has 2 amide bonds. The van der Waals surface area contributed by atoms with Crippen LogP contribution in [0.15, 0.2) is 11.4 Å². The second-order valence-corrected chi connectivity index (χ2v) is 4.06. The summed E-state index contributed by atoms with van der Waals surface area (Å²) in [6.07, 6.45) is 0.126. The van der Waals surface area contributed by atoms with Gasteiger partial charge in [0.15, 0.2) is 0 Å². The zero-order valence-corrected chi connectivity index (χ0v) is 9.97. The Balaban J connectivity index is 2.63. The second kappa shape index (κ2) is 6.68. The van der Waals surface area contributed by atoms with Gasteiger partial charge in [0, 0.05) is 18.5 Å². The van der Waals surface area contributed by atoms with Gasteiger partial charge in [-0.1, -0.05) is 11.8 Å². The van der Waals surface area contributed by atoms with E-state index >= 15 is 0 Å². The van der Waals surface area contributed by atoms with Gasteiger partial charge in [-0.25, -0.2) is 0 Å². The van der Waals surface area contributed by atoms with E-state index in [4.69, 9.17) is 11.5 Å². The maximum Gasteiger partial charge on any atom is 0.262 e. The van der Waals surface area contributed by atoms with Gasteiger partial charge in [-0.05, 0) is 11.4 Å². The van der Waals surface area contributed by atoms with Crippen molar-refractivity contribution in [2.45, 2.75) is 6.42 Å². The Kier molecular flexibility index (Phi) is 5.20. The van der Waals surface area contributed by atoms with Crippen LogP contribution in [0.1, 0.15) is 21.7 Å². The summed E-state index contributed by atoms with van der Waals surface area (Å²) in [6.45, 7) is 0.481. The standard InChI is InChI=1S/C11H13N3O2S/c12-5-1-2-8-4-7-17-10(8)11(16)14-6-3-9(13)15/h4,7H,3,5-6,12H2,(H2,13,15)(H,14,16). The van der Waals surface area contributed by atoms with Crippen molar-refractivity contribution in [1.29, 1.82) is 0 Å². The molecule has 1 heterocycles. The zero-order valence-electron chi connectivity index (χ0n) is 9.16. The predicted molar refractivity (Wildman–Crippen MR) is 66.4 cm³/mol. The fraction of sp³-hybridized carbons (Fsp3) is 0.273. The highest BCUT2D eigenvalue weighted by Crippen LogP contribution is 2.15. The van der Waals surface area contributed by atoms with Gasteiger partial charge in [0.05, 0.1) is 6.54 Å². The van der Waals surface area contributed by atoms with Crippen LogP contribution in [-0.2, 0) is 4.79 Å². The Bertz CT molecular complexity index is 471. The van der Waals surface area contributed by atoms with E-state index in [1.807, 2.05) is 0 Å². The predicted octanol–water partition coefficient (Wildman–Crippen LogP) is -0.337. The molecule has 0 spiro atoms. The molecule has 0 aromatic carbocycles. The molecule has 0 radical (unpaired) electrons. The van der Waals surface area contributed by atoms with E-state index in [0.717, 1.165) is 0 Å². The number of nitrogens with two attached hydrogens (primary N) is 2. The molecule has 0 saturated heterocycles. The van der Waals surface area contributed by atoms with Crippen LogP contribution in [0, 0.1) is 11.8 Å². The Morgan fingerprint density at radius 2 is 2.24 bits per heavy atom. The van der Waals surface area contributed by atoms with Gasteiger partial charge in [0.25, 0.3) is 5.91 Å². The topological polar surface area (TPSA) is 98.2 Å². The number of carbonyl (C=O) groups excluding carboxylic acids is 2. The number of thiophene rings is 1. The molecule has 6 heteroatoms. The minimum atomic E-state index is -0.445. The molecule has 0 aliphatic heterocycles. The molecule has 0 bridgehead atoms. The van der Waals surface area contributed by atoms with Crippen molar-refractivity contribution in [3.8, 4) is 11.8 Å². The van der Waals surface area contributed by atoms with Crippen molar-refractivity contribution in [1.82, 2.24) is 5.32 Å². The van der Waals surface area contributed by atoms with Crippen molar-refractivity contribution >= 4 is 23.2 Å². The highest BCUT2D eigenvalue weighted by molar-refractivity contribution is 7.12. The molecule has 0 fully saturated rings. The maximum atomic E-state index is 11.7. The van der Waals surface area contributed by atoms with Crippen molar-refractivity contribution in [2.75, 3.05) is 13.1 Å². The molecule has 0 saturated carbocycles. The minimum Gasteiger partial charge on any atom is -0.370 e. The molecule has 17 heavy (non-hydrogen) atoms. The van der Waals surface area contributed by atoms with Crippen LogP contribution in [0.25, 0.3) is 0 Å². The summed E-state index contributed by atoms with van der Waals surface area (Å²) in [7, 11) is 0. The molecule has 0 atom stereocenters. The van der Waals surface area contributed by atoms with E-state index in [-0.39, 0.29) is 25.4 Å². The SMILES string of the molecule is NCC#Cc1ccsc1C(=O)NCCC(N)=O. The Morgan fingerprint density at radius 1 is 1.47 bits per heavy atom. The normalized spacial score (nSPS) is 9.24. The van der Waals surface area contributed by atoms with Crippen molar-refractivity contribution < 1.29 is 9.59 Å². The summed E-state index contributed by atoms with van der Waals surface area (Å²) in [5, 5.41) is 4.39. The van der Waals surface area contributed by atoms with E-state index < -0.39 is 5.91 Å². The van der Waals surface area contributed by atoms with Gasteiger partial charge in [-0.15, -0.1) is 11.3 Å². The van der Waals surface area contributed by atoms with Crippen molar-refractivity contribution in [3.63, 3.8) is 0 Å².